The number of rotatable bonds is 5. The van der Waals surface area contributed by atoms with Gasteiger partial charge in [0, 0.05) is 17.8 Å². The Morgan fingerprint density at radius 2 is 2.04 bits per heavy atom. The van der Waals surface area contributed by atoms with Gasteiger partial charge in [-0.2, -0.15) is 0 Å². The summed E-state index contributed by atoms with van der Waals surface area (Å²) in [5.74, 6) is 0.699. The predicted octanol–water partition coefficient (Wildman–Crippen LogP) is 4.25. The zero-order chi connectivity index (χ0) is 19.7. The Kier molecular flexibility index (Phi) is 4.32. The summed E-state index contributed by atoms with van der Waals surface area (Å²) in [7, 11) is 1.49. The van der Waals surface area contributed by atoms with E-state index in [4.69, 9.17) is 9.26 Å². The highest BCUT2D eigenvalue weighted by Crippen LogP contribution is 2.34. The van der Waals surface area contributed by atoms with E-state index in [9.17, 15) is 10.1 Å². The fourth-order valence-electron chi connectivity index (χ4n) is 2.88. The maximum atomic E-state index is 11.2. The third-order valence-corrected chi connectivity index (χ3v) is 4.24. The summed E-state index contributed by atoms with van der Waals surface area (Å²) in [6, 6.07) is 12.2. The van der Waals surface area contributed by atoms with Gasteiger partial charge in [-0.1, -0.05) is 17.3 Å². The molecule has 0 bridgehead atoms. The van der Waals surface area contributed by atoms with E-state index in [1.807, 2.05) is 24.3 Å². The summed E-state index contributed by atoms with van der Waals surface area (Å²) in [5.41, 5.74) is 2.66. The van der Waals surface area contributed by atoms with E-state index < -0.39 is 4.92 Å². The number of hydrogen-bond acceptors (Lipinski definition) is 8. The lowest BCUT2D eigenvalue weighted by Crippen LogP contribution is -2.02. The molecule has 2 aromatic carbocycles. The highest BCUT2D eigenvalue weighted by atomic mass is 16.6. The van der Waals surface area contributed by atoms with Crippen LogP contribution in [-0.4, -0.2) is 27.2 Å². The molecular weight excluding hydrogens is 362 g/mol. The molecule has 9 heteroatoms. The molecule has 2 aromatic heterocycles. The summed E-state index contributed by atoms with van der Waals surface area (Å²) in [6.45, 7) is 1.65. The molecule has 1 N–H and O–H groups in total. The number of anilines is 2. The van der Waals surface area contributed by atoms with Crippen LogP contribution in [0.5, 0.6) is 5.75 Å². The monoisotopic (exact) mass is 377 g/mol. The number of para-hydroxylation sites is 1. The van der Waals surface area contributed by atoms with Crippen molar-refractivity contribution in [1.29, 1.82) is 0 Å². The number of ether oxygens (including phenoxy) is 1. The fraction of sp³-hybridized carbons (Fsp3) is 0.105. The van der Waals surface area contributed by atoms with Gasteiger partial charge in [-0.3, -0.25) is 10.1 Å². The number of fused-ring (bicyclic) bond motifs is 1. The highest BCUT2D eigenvalue weighted by Gasteiger charge is 2.17. The molecule has 0 fully saturated rings. The number of nitrogens with one attached hydrogen (secondary N) is 1. The first-order chi connectivity index (χ1) is 13.6. The van der Waals surface area contributed by atoms with Crippen LogP contribution in [0.15, 0.2) is 53.2 Å². The molecular formula is C19H15N5O4. The van der Waals surface area contributed by atoms with Gasteiger partial charge in [0.15, 0.2) is 5.58 Å². The molecule has 0 amide bonds. The summed E-state index contributed by atoms with van der Waals surface area (Å²) >= 11 is 0. The van der Waals surface area contributed by atoms with Crippen LogP contribution in [0.2, 0.25) is 0 Å². The van der Waals surface area contributed by atoms with Crippen LogP contribution in [0.1, 0.15) is 5.56 Å². The smallest absolute Gasteiger partial charge is 0.274 e. The minimum Gasteiger partial charge on any atom is -0.495 e. The SMILES string of the molecule is COc1cc(C)c([N+](=O)[O-])cc1Nc1nccc(-c2noc3ccccc23)n1. The molecule has 0 atom stereocenters. The van der Waals surface area contributed by atoms with Crippen LogP contribution in [-0.2, 0) is 0 Å². The van der Waals surface area contributed by atoms with Crippen molar-refractivity contribution in [1.82, 2.24) is 15.1 Å². The van der Waals surface area contributed by atoms with Gasteiger partial charge in [-0.25, -0.2) is 9.97 Å². The van der Waals surface area contributed by atoms with Crippen LogP contribution in [0, 0.1) is 17.0 Å². The third-order valence-electron chi connectivity index (χ3n) is 4.24. The van der Waals surface area contributed by atoms with Crippen LogP contribution in [0.25, 0.3) is 22.4 Å². The second-order valence-electron chi connectivity index (χ2n) is 6.01. The molecule has 0 radical (unpaired) electrons. The second-order valence-corrected chi connectivity index (χ2v) is 6.01. The molecule has 0 aliphatic rings. The maximum Gasteiger partial charge on any atom is 0.274 e. The highest BCUT2D eigenvalue weighted by molar-refractivity contribution is 5.90. The van der Waals surface area contributed by atoms with E-state index in [0.717, 1.165) is 5.39 Å². The number of benzene rings is 2. The molecule has 9 nitrogen and oxygen atoms in total. The van der Waals surface area contributed by atoms with Crippen molar-refractivity contribution < 1.29 is 14.2 Å². The first kappa shape index (κ1) is 17.4. The Morgan fingerprint density at radius 3 is 2.82 bits per heavy atom. The van der Waals surface area contributed by atoms with Gasteiger partial charge in [0.25, 0.3) is 5.69 Å². The summed E-state index contributed by atoms with van der Waals surface area (Å²) < 4.78 is 10.7. The summed E-state index contributed by atoms with van der Waals surface area (Å²) in [6.07, 6.45) is 1.57. The van der Waals surface area contributed by atoms with Crippen LogP contribution in [0.4, 0.5) is 17.3 Å². The van der Waals surface area contributed by atoms with Crippen molar-refractivity contribution in [2.75, 3.05) is 12.4 Å². The first-order valence-electron chi connectivity index (χ1n) is 8.34. The van der Waals surface area contributed by atoms with Gasteiger partial charge in [0.2, 0.25) is 5.95 Å². The average molecular weight is 377 g/mol. The van der Waals surface area contributed by atoms with Gasteiger partial charge in [-0.15, -0.1) is 0 Å². The number of aryl methyl sites for hydroxylation is 1. The molecule has 0 unspecified atom stereocenters. The van der Waals surface area contributed by atoms with E-state index in [1.165, 1.54) is 13.2 Å². The van der Waals surface area contributed by atoms with Crippen molar-refractivity contribution in [2.45, 2.75) is 6.92 Å². The first-order valence-corrected chi connectivity index (χ1v) is 8.34. The summed E-state index contributed by atoms with van der Waals surface area (Å²) in [4.78, 5) is 19.5. The van der Waals surface area contributed by atoms with E-state index in [2.05, 4.69) is 20.4 Å². The third kappa shape index (κ3) is 3.09. The van der Waals surface area contributed by atoms with Crippen molar-refractivity contribution >= 4 is 28.3 Å². The van der Waals surface area contributed by atoms with E-state index in [-0.39, 0.29) is 11.6 Å². The van der Waals surface area contributed by atoms with Crippen molar-refractivity contribution in [2.24, 2.45) is 0 Å². The quantitative estimate of drug-likeness (QED) is 0.405. The second kappa shape index (κ2) is 6.95. The molecule has 28 heavy (non-hydrogen) atoms. The van der Waals surface area contributed by atoms with Crippen LogP contribution in [0.3, 0.4) is 0 Å². The summed E-state index contributed by atoms with van der Waals surface area (Å²) in [5, 5.41) is 19.2. The van der Waals surface area contributed by atoms with Gasteiger partial charge in [0.05, 0.1) is 28.8 Å². The van der Waals surface area contributed by atoms with Gasteiger partial charge in [0.1, 0.15) is 11.4 Å². The number of nitro groups is 1. The van der Waals surface area contributed by atoms with Crippen LogP contribution < -0.4 is 10.1 Å². The zero-order valence-corrected chi connectivity index (χ0v) is 15.0. The molecule has 4 aromatic rings. The Labute approximate surface area is 159 Å². The van der Waals surface area contributed by atoms with Crippen LogP contribution >= 0.6 is 0 Å². The Balaban J connectivity index is 1.73. The number of nitro benzene ring substituents is 1. The predicted molar refractivity (Wildman–Crippen MR) is 103 cm³/mol. The molecule has 0 saturated carbocycles. The molecule has 140 valence electrons. The number of aromatic nitrogens is 3. The molecule has 0 spiro atoms. The van der Waals surface area contributed by atoms with Crippen molar-refractivity contribution in [3.63, 3.8) is 0 Å². The average Bonchev–Trinajstić information content (AvgIpc) is 3.13. The zero-order valence-electron chi connectivity index (χ0n) is 15.0. The Hall–Kier alpha value is -4.01. The van der Waals surface area contributed by atoms with E-state index in [1.54, 1.807) is 25.3 Å². The number of hydrogen-bond donors (Lipinski definition) is 1. The lowest BCUT2D eigenvalue weighted by atomic mass is 10.1. The molecule has 0 saturated heterocycles. The normalized spacial score (nSPS) is 10.8. The molecule has 4 rings (SSSR count). The lowest BCUT2D eigenvalue weighted by Gasteiger charge is -2.11. The topological polar surface area (TPSA) is 116 Å². The standard InChI is InChI=1S/C19H15N5O4/c1-11-9-17(27-2)14(10-15(11)24(25)26)22-19-20-8-7-13(21-19)18-12-5-3-4-6-16(12)28-23-18/h3-10H,1-2H3,(H,20,21,22). The minimum atomic E-state index is -0.446. The van der Waals surface area contributed by atoms with Crippen molar-refractivity contribution in [3.8, 4) is 17.1 Å². The number of methoxy groups -OCH3 is 1. The van der Waals surface area contributed by atoms with Gasteiger partial charge in [-0.05, 0) is 31.2 Å². The number of nitrogens with zero attached hydrogens (tertiary/aromatic N) is 4. The Bertz CT molecular complexity index is 1190. The molecule has 0 aliphatic carbocycles. The minimum absolute atomic E-state index is 0.0260. The molecule has 2 heterocycles. The molecule has 0 aliphatic heterocycles. The van der Waals surface area contributed by atoms with Gasteiger partial charge >= 0.3 is 0 Å². The maximum absolute atomic E-state index is 11.2. The largest absolute Gasteiger partial charge is 0.495 e. The van der Waals surface area contributed by atoms with E-state index >= 15 is 0 Å². The van der Waals surface area contributed by atoms with Crippen molar-refractivity contribution in [3.05, 3.63) is 64.3 Å². The Morgan fingerprint density at radius 1 is 1.21 bits per heavy atom. The van der Waals surface area contributed by atoms with Gasteiger partial charge < -0.3 is 14.6 Å². The fourth-order valence-corrected chi connectivity index (χ4v) is 2.88. The lowest BCUT2D eigenvalue weighted by molar-refractivity contribution is -0.385. The van der Waals surface area contributed by atoms with E-state index in [0.29, 0.717) is 34.0 Å².